The highest BCUT2D eigenvalue weighted by molar-refractivity contribution is 7.83. The van der Waals surface area contributed by atoms with Crippen molar-refractivity contribution in [1.82, 2.24) is 9.29 Å². The first-order chi connectivity index (χ1) is 13.0. The molecular formula is C20H17ClF2N2OS. The van der Waals surface area contributed by atoms with Crippen LogP contribution >= 0.6 is 11.6 Å². The summed E-state index contributed by atoms with van der Waals surface area (Å²) >= 11 is 6.04. The number of aromatic nitrogens is 1. The minimum Gasteiger partial charge on any atom is -0.313 e. The molecule has 3 aromatic rings. The molecule has 0 saturated heterocycles. The van der Waals surface area contributed by atoms with Crippen LogP contribution in [0.5, 0.6) is 0 Å². The quantitative estimate of drug-likeness (QED) is 0.671. The molecule has 4 rings (SSSR count). The fourth-order valence-electron chi connectivity index (χ4n) is 3.63. The van der Waals surface area contributed by atoms with Gasteiger partial charge in [0.05, 0.1) is 10.6 Å². The second kappa shape index (κ2) is 7.19. The molecule has 0 fully saturated rings. The summed E-state index contributed by atoms with van der Waals surface area (Å²) in [5, 5.41) is 3.71. The molecule has 1 aromatic heterocycles. The zero-order chi connectivity index (χ0) is 19.1. The van der Waals surface area contributed by atoms with Crippen molar-refractivity contribution in [2.24, 2.45) is 0 Å². The van der Waals surface area contributed by atoms with Gasteiger partial charge in [-0.3, -0.25) is 3.97 Å². The van der Waals surface area contributed by atoms with E-state index in [0.717, 1.165) is 30.0 Å². The summed E-state index contributed by atoms with van der Waals surface area (Å²) in [6.07, 6.45) is 3.41. The summed E-state index contributed by atoms with van der Waals surface area (Å²) < 4.78 is 42.8. The van der Waals surface area contributed by atoms with E-state index in [9.17, 15) is 13.0 Å². The van der Waals surface area contributed by atoms with E-state index in [4.69, 9.17) is 11.6 Å². The molecule has 0 aliphatic heterocycles. The van der Waals surface area contributed by atoms with Gasteiger partial charge in [0.2, 0.25) is 0 Å². The van der Waals surface area contributed by atoms with Crippen LogP contribution in [0.15, 0.2) is 53.6 Å². The van der Waals surface area contributed by atoms with Crippen molar-refractivity contribution in [2.45, 2.75) is 23.8 Å². The average molecular weight is 407 g/mol. The van der Waals surface area contributed by atoms with E-state index in [-0.39, 0.29) is 11.6 Å². The monoisotopic (exact) mass is 406 g/mol. The van der Waals surface area contributed by atoms with Gasteiger partial charge in [-0.05, 0) is 61.3 Å². The fourth-order valence-corrected chi connectivity index (χ4v) is 5.12. The SMILES string of the molecule is CNC1CCc2c1cn(S(=O)c1cccc(Cl)c1)c2-c1ccc(F)cc1F. The van der Waals surface area contributed by atoms with Crippen molar-refractivity contribution in [1.29, 1.82) is 0 Å². The van der Waals surface area contributed by atoms with Crippen molar-refractivity contribution in [2.75, 3.05) is 7.05 Å². The molecule has 1 N–H and O–H groups in total. The molecule has 2 atom stereocenters. The van der Waals surface area contributed by atoms with Crippen molar-refractivity contribution in [3.05, 3.63) is 76.4 Å². The standard InChI is InChI=1S/C20H17ClF2N2OS/c1-24-19-8-7-15-17(19)11-25(27(26)14-4-2-3-12(21)9-14)20(15)16-6-5-13(22)10-18(16)23/h2-6,9-11,19,24H,7-8H2,1H3. The number of fused-ring (bicyclic) bond motifs is 1. The number of benzene rings is 2. The Morgan fingerprint density at radius 3 is 2.74 bits per heavy atom. The van der Waals surface area contributed by atoms with E-state index >= 15 is 0 Å². The first-order valence-electron chi connectivity index (χ1n) is 8.54. The maximum atomic E-state index is 14.6. The number of rotatable bonds is 4. The molecule has 0 saturated carbocycles. The van der Waals surface area contributed by atoms with Crippen LogP contribution < -0.4 is 5.32 Å². The third kappa shape index (κ3) is 3.22. The van der Waals surface area contributed by atoms with Gasteiger partial charge in [0.1, 0.15) is 11.6 Å². The highest BCUT2D eigenvalue weighted by atomic mass is 35.5. The summed E-state index contributed by atoms with van der Waals surface area (Å²) in [7, 11) is 0.251. The summed E-state index contributed by atoms with van der Waals surface area (Å²) in [4.78, 5) is 0.515. The molecule has 0 radical (unpaired) electrons. The minimum atomic E-state index is -1.61. The van der Waals surface area contributed by atoms with Crippen LogP contribution in [0.3, 0.4) is 0 Å². The Morgan fingerprint density at radius 1 is 1.22 bits per heavy atom. The third-order valence-corrected chi connectivity index (χ3v) is 6.42. The molecule has 1 aliphatic carbocycles. The van der Waals surface area contributed by atoms with Gasteiger partial charge in [0.15, 0.2) is 11.0 Å². The van der Waals surface area contributed by atoms with Crippen molar-refractivity contribution >= 4 is 22.6 Å². The Bertz CT molecular complexity index is 1050. The van der Waals surface area contributed by atoms with Crippen LogP contribution in [0.25, 0.3) is 11.3 Å². The first kappa shape index (κ1) is 18.3. The van der Waals surface area contributed by atoms with Gasteiger partial charge in [0, 0.05) is 28.9 Å². The van der Waals surface area contributed by atoms with Crippen molar-refractivity contribution in [3.8, 4) is 11.3 Å². The van der Waals surface area contributed by atoms with Gasteiger partial charge in [-0.2, -0.15) is 0 Å². The molecule has 2 aromatic carbocycles. The number of hydrogen-bond acceptors (Lipinski definition) is 2. The minimum absolute atomic E-state index is 0.111. The van der Waals surface area contributed by atoms with Crippen LogP contribution in [-0.2, 0) is 17.4 Å². The Labute approximate surface area is 163 Å². The molecule has 27 heavy (non-hydrogen) atoms. The van der Waals surface area contributed by atoms with Crippen molar-refractivity contribution in [3.63, 3.8) is 0 Å². The van der Waals surface area contributed by atoms with Crippen LogP contribution in [0.2, 0.25) is 5.02 Å². The maximum Gasteiger partial charge on any atom is 0.157 e. The van der Waals surface area contributed by atoms with Gasteiger partial charge in [0.25, 0.3) is 0 Å². The number of hydrogen-bond donors (Lipinski definition) is 1. The molecule has 0 bridgehead atoms. The topological polar surface area (TPSA) is 34.0 Å². The second-order valence-corrected chi connectivity index (χ2v) is 8.25. The molecule has 1 aliphatic rings. The van der Waals surface area contributed by atoms with Crippen LogP contribution in [0.4, 0.5) is 8.78 Å². The van der Waals surface area contributed by atoms with Crippen LogP contribution in [0.1, 0.15) is 23.6 Å². The summed E-state index contributed by atoms with van der Waals surface area (Å²) in [6, 6.07) is 10.4. The molecule has 2 unspecified atom stereocenters. The lowest BCUT2D eigenvalue weighted by molar-refractivity contribution is 0.583. The van der Waals surface area contributed by atoms with Crippen LogP contribution in [-0.4, -0.2) is 15.2 Å². The average Bonchev–Trinajstić information content (AvgIpc) is 3.20. The van der Waals surface area contributed by atoms with Crippen molar-refractivity contribution < 1.29 is 13.0 Å². The fraction of sp³-hybridized carbons (Fsp3) is 0.200. The molecule has 1 heterocycles. The van der Waals surface area contributed by atoms with Gasteiger partial charge in [-0.25, -0.2) is 13.0 Å². The van der Waals surface area contributed by atoms with Gasteiger partial charge in [-0.15, -0.1) is 0 Å². The summed E-state index contributed by atoms with van der Waals surface area (Å²) in [5.74, 6) is -1.32. The van der Waals surface area contributed by atoms with Gasteiger partial charge < -0.3 is 5.32 Å². The second-order valence-electron chi connectivity index (χ2n) is 6.45. The molecule has 0 amide bonds. The highest BCUT2D eigenvalue weighted by Gasteiger charge is 2.31. The number of nitrogens with zero attached hydrogens (tertiary/aromatic N) is 1. The van der Waals surface area contributed by atoms with E-state index in [1.165, 1.54) is 12.1 Å². The Kier molecular flexibility index (Phi) is 4.88. The van der Waals surface area contributed by atoms with E-state index in [1.807, 2.05) is 7.05 Å². The summed E-state index contributed by atoms with van der Waals surface area (Å²) in [6.45, 7) is 0. The zero-order valence-electron chi connectivity index (χ0n) is 14.5. The Morgan fingerprint density at radius 2 is 2.04 bits per heavy atom. The molecule has 140 valence electrons. The normalized spacial score (nSPS) is 17.1. The van der Waals surface area contributed by atoms with E-state index in [0.29, 0.717) is 15.6 Å². The smallest absolute Gasteiger partial charge is 0.157 e. The molecule has 0 spiro atoms. The maximum absolute atomic E-state index is 14.6. The molecular weight excluding hydrogens is 390 g/mol. The van der Waals surface area contributed by atoms with E-state index in [2.05, 4.69) is 5.32 Å². The third-order valence-electron chi connectivity index (χ3n) is 4.88. The van der Waals surface area contributed by atoms with Gasteiger partial charge >= 0.3 is 0 Å². The lowest BCUT2D eigenvalue weighted by atomic mass is 10.1. The van der Waals surface area contributed by atoms with E-state index in [1.54, 1.807) is 34.4 Å². The Balaban J connectivity index is 1.93. The predicted octanol–water partition coefficient (Wildman–Crippen LogP) is 4.86. The first-order valence-corrected chi connectivity index (χ1v) is 10.0. The van der Waals surface area contributed by atoms with Gasteiger partial charge in [-0.1, -0.05) is 17.7 Å². The predicted molar refractivity (Wildman–Crippen MR) is 103 cm³/mol. The highest BCUT2D eigenvalue weighted by Crippen LogP contribution is 2.41. The number of nitrogens with one attached hydrogen (secondary N) is 1. The molecule has 3 nitrogen and oxygen atoms in total. The van der Waals surface area contributed by atoms with Crippen LogP contribution in [0, 0.1) is 11.6 Å². The largest absolute Gasteiger partial charge is 0.313 e. The Hall–Kier alpha value is -2.02. The lowest BCUT2D eigenvalue weighted by Gasteiger charge is -2.13. The van der Waals surface area contributed by atoms with E-state index < -0.39 is 22.6 Å². The molecule has 7 heteroatoms. The zero-order valence-corrected chi connectivity index (χ0v) is 16.1. The lowest BCUT2D eigenvalue weighted by Crippen LogP contribution is -2.13. The summed E-state index contributed by atoms with van der Waals surface area (Å²) in [5.41, 5.74) is 2.70. The number of halogens is 3.